The maximum Gasteiger partial charge on any atom is 0.190 e. The van der Waals surface area contributed by atoms with Crippen molar-refractivity contribution in [3.05, 3.63) is 20.8 Å². The van der Waals surface area contributed by atoms with Crippen LogP contribution in [0.15, 0.2) is 11.6 Å². The summed E-state index contributed by atoms with van der Waals surface area (Å²) < 4.78 is 1.10. The molecule has 0 unspecified atom stereocenters. The second-order valence-electron chi connectivity index (χ2n) is 3.49. The zero-order valence-corrected chi connectivity index (χ0v) is 12.7. The van der Waals surface area contributed by atoms with Crippen molar-refractivity contribution in [3.63, 3.8) is 0 Å². The van der Waals surface area contributed by atoms with E-state index in [0.29, 0.717) is 5.82 Å². The second kappa shape index (κ2) is 5.72. The van der Waals surface area contributed by atoms with E-state index in [1.165, 1.54) is 0 Å². The minimum Gasteiger partial charge on any atom is -0.372 e. The third kappa shape index (κ3) is 2.74. The van der Waals surface area contributed by atoms with Crippen LogP contribution in [0.5, 0.6) is 0 Å². The molecule has 90 valence electrons. The highest BCUT2D eigenvalue weighted by molar-refractivity contribution is 14.1. The van der Waals surface area contributed by atoms with Crippen molar-refractivity contribution in [2.24, 2.45) is 0 Å². The molecule has 0 aliphatic carbocycles. The Kier molecular flexibility index (Phi) is 4.27. The normalized spacial score (nSPS) is 10.5. The van der Waals surface area contributed by atoms with Gasteiger partial charge in [-0.1, -0.05) is 13.3 Å². The van der Waals surface area contributed by atoms with Crippen LogP contribution in [0.4, 0.5) is 5.82 Å². The lowest BCUT2D eigenvalue weighted by molar-refractivity contribution is 0.867. The fourth-order valence-corrected chi connectivity index (χ4v) is 2.84. The average molecular weight is 360 g/mol. The quantitative estimate of drug-likeness (QED) is 0.851. The number of nitrogens with zero attached hydrogens (tertiary/aromatic N) is 3. The molecule has 0 atom stereocenters. The highest BCUT2D eigenvalue weighted by Crippen LogP contribution is 2.25. The molecule has 0 amide bonds. The molecule has 1 N–H and O–H groups in total. The molecule has 0 saturated carbocycles. The molecule has 2 aromatic heterocycles. The van der Waals surface area contributed by atoms with Gasteiger partial charge in [0.05, 0.1) is 9.26 Å². The standard InChI is InChI=1S/C11H13IN4S/c1-3-4-7-8(12)9(13-2)16-10(15-7)11-14-5-6-17-11/h5-6H,3-4H2,1-2H3,(H,13,15,16). The van der Waals surface area contributed by atoms with E-state index in [1.807, 2.05) is 12.4 Å². The van der Waals surface area contributed by atoms with Crippen molar-refractivity contribution in [1.82, 2.24) is 15.0 Å². The largest absolute Gasteiger partial charge is 0.372 e. The van der Waals surface area contributed by atoms with Gasteiger partial charge in [0.2, 0.25) is 0 Å². The number of anilines is 1. The van der Waals surface area contributed by atoms with Crippen molar-refractivity contribution in [2.45, 2.75) is 19.8 Å². The summed E-state index contributed by atoms with van der Waals surface area (Å²) in [5.41, 5.74) is 1.10. The summed E-state index contributed by atoms with van der Waals surface area (Å²) >= 11 is 3.86. The Bertz CT molecular complexity index is 498. The van der Waals surface area contributed by atoms with E-state index < -0.39 is 0 Å². The van der Waals surface area contributed by atoms with E-state index in [0.717, 1.165) is 32.9 Å². The van der Waals surface area contributed by atoms with Crippen molar-refractivity contribution in [3.8, 4) is 10.8 Å². The molecular weight excluding hydrogens is 347 g/mol. The summed E-state index contributed by atoms with van der Waals surface area (Å²) in [6.07, 6.45) is 3.82. The number of thiazole rings is 1. The van der Waals surface area contributed by atoms with Crippen molar-refractivity contribution in [2.75, 3.05) is 12.4 Å². The van der Waals surface area contributed by atoms with E-state index in [1.54, 1.807) is 17.5 Å². The molecule has 2 rings (SSSR count). The third-order valence-electron chi connectivity index (χ3n) is 2.27. The van der Waals surface area contributed by atoms with Gasteiger partial charge in [-0.3, -0.25) is 0 Å². The van der Waals surface area contributed by atoms with E-state index in [2.05, 4.69) is 49.8 Å². The third-order valence-corrected chi connectivity index (χ3v) is 4.17. The SMILES string of the molecule is CCCc1nc(-c2nccs2)nc(NC)c1I. The maximum absolute atomic E-state index is 4.60. The zero-order chi connectivity index (χ0) is 12.3. The fourth-order valence-electron chi connectivity index (χ4n) is 1.49. The topological polar surface area (TPSA) is 50.7 Å². The molecule has 0 fully saturated rings. The first-order chi connectivity index (χ1) is 8.26. The highest BCUT2D eigenvalue weighted by atomic mass is 127. The van der Waals surface area contributed by atoms with Gasteiger partial charge in [0, 0.05) is 18.6 Å². The molecule has 0 aromatic carbocycles. The molecular formula is C11H13IN4S. The van der Waals surface area contributed by atoms with Gasteiger partial charge >= 0.3 is 0 Å². The van der Waals surface area contributed by atoms with E-state index in [9.17, 15) is 0 Å². The Labute approximate surface area is 118 Å². The lowest BCUT2D eigenvalue weighted by Gasteiger charge is -2.09. The molecule has 6 heteroatoms. The predicted molar refractivity (Wildman–Crippen MR) is 79.4 cm³/mol. The van der Waals surface area contributed by atoms with Crippen LogP contribution in [0.3, 0.4) is 0 Å². The summed E-state index contributed by atoms with van der Waals surface area (Å²) in [5.74, 6) is 1.60. The number of rotatable bonds is 4. The first-order valence-electron chi connectivity index (χ1n) is 5.40. The molecule has 4 nitrogen and oxygen atoms in total. The first-order valence-corrected chi connectivity index (χ1v) is 7.36. The molecule has 2 heterocycles. The first kappa shape index (κ1) is 12.7. The summed E-state index contributed by atoms with van der Waals surface area (Å²) in [6, 6.07) is 0. The minimum absolute atomic E-state index is 0.716. The smallest absolute Gasteiger partial charge is 0.190 e. The summed E-state index contributed by atoms with van der Waals surface area (Å²) in [5, 5.41) is 5.92. The van der Waals surface area contributed by atoms with Crippen LogP contribution in [0, 0.1) is 3.57 Å². The highest BCUT2D eigenvalue weighted by Gasteiger charge is 2.13. The molecule has 0 spiro atoms. The van der Waals surface area contributed by atoms with E-state index in [4.69, 9.17) is 0 Å². The van der Waals surface area contributed by atoms with Crippen LogP contribution >= 0.6 is 33.9 Å². The summed E-state index contributed by atoms with van der Waals surface area (Å²) in [7, 11) is 1.88. The molecule has 0 saturated heterocycles. The van der Waals surface area contributed by atoms with Gasteiger partial charge in [0.25, 0.3) is 0 Å². The molecule has 0 bridgehead atoms. The van der Waals surface area contributed by atoms with Crippen LogP contribution < -0.4 is 5.32 Å². The van der Waals surface area contributed by atoms with Crippen LogP contribution in [0.1, 0.15) is 19.0 Å². The fraction of sp³-hybridized carbons (Fsp3) is 0.364. The van der Waals surface area contributed by atoms with Gasteiger partial charge in [0.1, 0.15) is 5.82 Å². The van der Waals surface area contributed by atoms with Crippen molar-refractivity contribution >= 4 is 39.7 Å². The number of aromatic nitrogens is 3. The van der Waals surface area contributed by atoms with Gasteiger partial charge < -0.3 is 5.32 Å². The van der Waals surface area contributed by atoms with Crippen molar-refractivity contribution in [1.29, 1.82) is 0 Å². The van der Waals surface area contributed by atoms with Gasteiger partial charge in [-0.2, -0.15) is 0 Å². The predicted octanol–water partition coefficient (Wildman–Crippen LogP) is 3.20. The number of hydrogen-bond acceptors (Lipinski definition) is 5. The Hall–Kier alpha value is -0.760. The lowest BCUT2D eigenvalue weighted by Crippen LogP contribution is -2.05. The molecule has 0 radical (unpaired) electrons. The monoisotopic (exact) mass is 360 g/mol. The number of halogens is 1. The van der Waals surface area contributed by atoms with Gasteiger partial charge in [-0.25, -0.2) is 15.0 Å². The van der Waals surface area contributed by atoms with Gasteiger partial charge in [-0.15, -0.1) is 11.3 Å². The Morgan fingerprint density at radius 2 is 2.24 bits per heavy atom. The van der Waals surface area contributed by atoms with Crippen LogP contribution in [0.2, 0.25) is 0 Å². The summed E-state index contributed by atoms with van der Waals surface area (Å²) in [4.78, 5) is 13.4. The van der Waals surface area contributed by atoms with Crippen LogP contribution in [0.25, 0.3) is 10.8 Å². The van der Waals surface area contributed by atoms with E-state index >= 15 is 0 Å². The number of aryl methyl sites for hydroxylation is 1. The Morgan fingerprint density at radius 3 is 2.82 bits per heavy atom. The Morgan fingerprint density at radius 1 is 1.41 bits per heavy atom. The van der Waals surface area contributed by atoms with Crippen molar-refractivity contribution < 1.29 is 0 Å². The van der Waals surface area contributed by atoms with Crippen LogP contribution in [-0.4, -0.2) is 22.0 Å². The van der Waals surface area contributed by atoms with Crippen LogP contribution in [-0.2, 0) is 6.42 Å². The summed E-state index contributed by atoms with van der Waals surface area (Å²) in [6.45, 7) is 2.15. The molecule has 0 aliphatic heterocycles. The Balaban J connectivity index is 2.50. The van der Waals surface area contributed by atoms with Gasteiger partial charge in [-0.05, 0) is 29.0 Å². The number of hydrogen-bond donors (Lipinski definition) is 1. The maximum atomic E-state index is 4.60. The van der Waals surface area contributed by atoms with E-state index in [-0.39, 0.29) is 0 Å². The zero-order valence-electron chi connectivity index (χ0n) is 9.70. The lowest BCUT2D eigenvalue weighted by atomic mass is 10.2. The second-order valence-corrected chi connectivity index (χ2v) is 5.47. The molecule has 2 aromatic rings. The average Bonchev–Trinajstić information content (AvgIpc) is 2.85. The minimum atomic E-state index is 0.716. The van der Waals surface area contributed by atoms with Gasteiger partial charge in [0.15, 0.2) is 10.8 Å². The molecule has 0 aliphatic rings. The molecule has 17 heavy (non-hydrogen) atoms. The number of nitrogens with one attached hydrogen (secondary N) is 1.